The molecule has 1 aliphatic carbocycles. The molecule has 1 aromatic heterocycles. The summed E-state index contributed by atoms with van der Waals surface area (Å²) in [5, 5.41) is 12.8. The number of hydrogen-bond acceptors (Lipinski definition) is 3. The Morgan fingerprint density at radius 2 is 2.35 bits per heavy atom. The van der Waals surface area contributed by atoms with Gasteiger partial charge in [0, 0.05) is 23.9 Å². The highest BCUT2D eigenvalue weighted by atomic mass is 35.5. The van der Waals surface area contributed by atoms with Gasteiger partial charge in [0.25, 0.3) is 5.91 Å². The number of pyridine rings is 1. The third-order valence-electron chi connectivity index (χ3n) is 3.53. The van der Waals surface area contributed by atoms with E-state index in [-0.39, 0.29) is 23.5 Å². The first-order valence-corrected chi connectivity index (χ1v) is 5.89. The molecule has 1 heterocycles. The van der Waals surface area contributed by atoms with E-state index < -0.39 is 0 Å². The molecule has 5 heteroatoms. The number of rotatable bonds is 2. The van der Waals surface area contributed by atoms with E-state index in [1.807, 2.05) is 13.8 Å². The van der Waals surface area contributed by atoms with Crippen LogP contribution in [-0.4, -0.2) is 28.1 Å². The van der Waals surface area contributed by atoms with Crippen molar-refractivity contribution in [2.45, 2.75) is 32.4 Å². The quantitative estimate of drug-likeness (QED) is 0.843. The first-order valence-electron chi connectivity index (χ1n) is 5.51. The summed E-state index contributed by atoms with van der Waals surface area (Å²) in [6.07, 6.45) is 3.20. The average molecular weight is 255 g/mol. The second kappa shape index (κ2) is 4.27. The van der Waals surface area contributed by atoms with Gasteiger partial charge in [-0.05, 0) is 12.5 Å². The number of carbonyl (C=O) groups excluding carboxylic acids is 1. The molecule has 0 bridgehead atoms. The average Bonchev–Trinajstić information content (AvgIpc) is 2.29. The molecule has 2 atom stereocenters. The molecule has 17 heavy (non-hydrogen) atoms. The maximum absolute atomic E-state index is 11.9. The number of nitrogens with one attached hydrogen (secondary N) is 1. The first-order chi connectivity index (χ1) is 7.93. The summed E-state index contributed by atoms with van der Waals surface area (Å²) in [5.41, 5.74) is 0.0796. The minimum atomic E-state index is -0.364. The molecule has 1 amide bonds. The topological polar surface area (TPSA) is 62.2 Å². The van der Waals surface area contributed by atoms with Crippen LogP contribution in [0.4, 0.5) is 0 Å². The standard InChI is InChI=1S/C12H15ClN2O2/c1-12(2)9(5-10(12)16)15-11(17)7-6-14-4-3-8(7)13/h3-4,6,9-10,16H,5H2,1-2H3,(H,15,17). The molecule has 4 nitrogen and oxygen atoms in total. The molecular formula is C12H15ClN2O2. The third kappa shape index (κ3) is 2.15. The first kappa shape index (κ1) is 12.3. The summed E-state index contributed by atoms with van der Waals surface area (Å²) < 4.78 is 0. The van der Waals surface area contributed by atoms with Crippen molar-refractivity contribution in [3.05, 3.63) is 29.0 Å². The Balaban J connectivity index is 2.07. The van der Waals surface area contributed by atoms with Crippen LogP contribution in [0.5, 0.6) is 0 Å². The minimum absolute atomic E-state index is 0.0266. The van der Waals surface area contributed by atoms with Crippen molar-refractivity contribution in [3.8, 4) is 0 Å². The highest BCUT2D eigenvalue weighted by Gasteiger charge is 2.48. The van der Waals surface area contributed by atoms with E-state index >= 15 is 0 Å². The summed E-state index contributed by atoms with van der Waals surface area (Å²) in [7, 11) is 0. The summed E-state index contributed by atoms with van der Waals surface area (Å²) >= 11 is 5.91. The number of aliphatic hydroxyl groups excluding tert-OH is 1. The predicted molar refractivity (Wildman–Crippen MR) is 64.9 cm³/mol. The molecule has 0 aliphatic heterocycles. The van der Waals surface area contributed by atoms with Gasteiger partial charge in [-0.15, -0.1) is 0 Å². The van der Waals surface area contributed by atoms with E-state index in [2.05, 4.69) is 10.3 Å². The summed E-state index contributed by atoms with van der Waals surface area (Å²) in [6.45, 7) is 3.86. The van der Waals surface area contributed by atoms with Gasteiger partial charge in [0.05, 0.1) is 16.7 Å². The van der Waals surface area contributed by atoms with Crippen molar-refractivity contribution >= 4 is 17.5 Å². The number of amides is 1. The zero-order valence-corrected chi connectivity index (χ0v) is 10.5. The Kier molecular flexibility index (Phi) is 3.10. The predicted octanol–water partition coefficient (Wildman–Crippen LogP) is 1.62. The van der Waals surface area contributed by atoms with Crippen LogP contribution in [0.25, 0.3) is 0 Å². The van der Waals surface area contributed by atoms with Crippen LogP contribution in [0.15, 0.2) is 18.5 Å². The van der Waals surface area contributed by atoms with Crippen molar-refractivity contribution < 1.29 is 9.90 Å². The molecule has 0 saturated heterocycles. The van der Waals surface area contributed by atoms with E-state index in [0.29, 0.717) is 17.0 Å². The molecule has 1 aliphatic rings. The van der Waals surface area contributed by atoms with Gasteiger partial charge in [-0.3, -0.25) is 9.78 Å². The molecule has 0 aromatic carbocycles. The number of aliphatic hydroxyl groups is 1. The van der Waals surface area contributed by atoms with Crippen molar-refractivity contribution in [1.82, 2.24) is 10.3 Å². The van der Waals surface area contributed by atoms with Crippen molar-refractivity contribution in [3.63, 3.8) is 0 Å². The fourth-order valence-corrected chi connectivity index (χ4v) is 2.12. The van der Waals surface area contributed by atoms with Crippen LogP contribution < -0.4 is 5.32 Å². The second-order valence-electron chi connectivity index (χ2n) is 4.95. The van der Waals surface area contributed by atoms with E-state index in [1.54, 1.807) is 6.07 Å². The lowest BCUT2D eigenvalue weighted by Gasteiger charge is -2.49. The van der Waals surface area contributed by atoms with E-state index in [1.165, 1.54) is 12.4 Å². The lowest BCUT2D eigenvalue weighted by atomic mass is 9.64. The number of nitrogens with zero attached hydrogens (tertiary/aromatic N) is 1. The number of hydrogen-bond donors (Lipinski definition) is 2. The lowest BCUT2D eigenvalue weighted by Crippen LogP contribution is -2.61. The Morgan fingerprint density at radius 1 is 1.65 bits per heavy atom. The maximum Gasteiger partial charge on any atom is 0.254 e. The number of carbonyl (C=O) groups is 1. The molecule has 1 aromatic rings. The Morgan fingerprint density at radius 3 is 2.88 bits per heavy atom. The van der Waals surface area contributed by atoms with Crippen molar-refractivity contribution in [2.75, 3.05) is 0 Å². The van der Waals surface area contributed by atoms with Gasteiger partial charge in [-0.1, -0.05) is 25.4 Å². The van der Waals surface area contributed by atoms with Crippen LogP contribution in [0.1, 0.15) is 30.6 Å². The van der Waals surface area contributed by atoms with Crippen LogP contribution >= 0.6 is 11.6 Å². The molecule has 0 radical (unpaired) electrons. The highest BCUT2D eigenvalue weighted by molar-refractivity contribution is 6.33. The zero-order chi connectivity index (χ0) is 12.6. The smallest absolute Gasteiger partial charge is 0.254 e. The van der Waals surface area contributed by atoms with Gasteiger partial charge in [0.1, 0.15) is 0 Å². The molecule has 92 valence electrons. The van der Waals surface area contributed by atoms with Crippen molar-refractivity contribution in [2.24, 2.45) is 5.41 Å². The van der Waals surface area contributed by atoms with E-state index in [9.17, 15) is 9.90 Å². The van der Waals surface area contributed by atoms with Crippen LogP contribution in [0, 0.1) is 5.41 Å². The van der Waals surface area contributed by atoms with E-state index in [4.69, 9.17) is 11.6 Å². The number of halogens is 1. The van der Waals surface area contributed by atoms with Crippen LogP contribution in [-0.2, 0) is 0 Å². The van der Waals surface area contributed by atoms with Gasteiger partial charge in [0.2, 0.25) is 0 Å². The van der Waals surface area contributed by atoms with Crippen LogP contribution in [0.2, 0.25) is 5.02 Å². The number of aromatic nitrogens is 1. The molecular weight excluding hydrogens is 240 g/mol. The molecule has 1 fully saturated rings. The zero-order valence-electron chi connectivity index (χ0n) is 9.77. The monoisotopic (exact) mass is 254 g/mol. The molecule has 1 saturated carbocycles. The molecule has 2 unspecified atom stereocenters. The van der Waals surface area contributed by atoms with Gasteiger partial charge < -0.3 is 10.4 Å². The van der Waals surface area contributed by atoms with Gasteiger partial charge in [-0.2, -0.15) is 0 Å². The molecule has 2 N–H and O–H groups in total. The lowest BCUT2D eigenvalue weighted by molar-refractivity contribution is -0.0689. The van der Waals surface area contributed by atoms with Gasteiger partial charge >= 0.3 is 0 Å². The molecule has 0 spiro atoms. The van der Waals surface area contributed by atoms with Crippen molar-refractivity contribution in [1.29, 1.82) is 0 Å². The fraction of sp³-hybridized carbons (Fsp3) is 0.500. The normalized spacial score (nSPS) is 26.1. The maximum atomic E-state index is 11.9. The van der Waals surface area contributed by atoms with Gasteiger partial charge in [0.15, 0.2) is 0 Å². The molecule has 2 rings (SSSR count). The Hall–Kier alpha value is -1.13. The summed E-state index contributed by atoms with van der Waals surface area (Å²) in [5.74, 6) is -0.243. The van der Waals surface area contributed by atoms with E-state index in [0.717, 1.165) is 0 Å². The Labute approximate surface area is 105 Å². The third-order valence-corrected chi connectivity index (χ3v) is 3.86. The fourth-order valence-electron chi connectivity index (χ4n) is 1.93. The Bertz CT molecular complexity index is 448. The van der Waals surface area contributed by atoms with Crippen LogP contribution in [0.3, 0.4) is 0 Å². The highest BCUT2D eigenvalue weighted by Crippen LogP contribution is 2.40. The summed E-state index contributed by atoms with van der Waals surface area (Å²) in [4.78, 5) is 15.8. The largest absolute Gasteiger partial charge is 0.392 e. The second-order valence-corrected chi connectivity index (χ2v) is 5.36. The minimum Gasteiger partial charge on any atom is -0.392 e. The van der Waals surface area contributed by atoms with Gasteiger partial charge in [-0.25, -0.2) is 0 Å². The SMILES string of the molecule is CC1(C)C(O)CC1NC(=O)c1cnccc1Cl. The summed E-state index contributed by atoms with van der Waals surface area (Å²) in [6, 6.07) is 1.55.